The molecular weight excluding hydrogens is 128 g/mol. The van der Waals surface area contributed by atoms with Crippen LogP contribution < -0.4 is 5.32 Å². The number of amides is 2. The number of carbonyl (C=O) groups is 1. The molecule has 0 atom stereocenters. The number of carbonyl (C=O) groups excluding carboxylic acids is 1. The molecule has 1 aliphatic rings. The van der Waals surface area contributed by atoms with Crippen molar-refractivity contribution in [1.82, 2.24) is 10.2 Å². The molecule has 1 heterocycles. The summed E-state index contributed by atoms with van der Waals surface area (Å²) in [6.07, 6.45) is 3.08. The number of hydrogen-bond donors (Lipinski definition) is 1. The second-order valence-electron chi connectivity index (χ2n) is 2.43. The van der Waals surface area contributed by atoms with Gasteiger partial charge in [-0.3, -0.25) is 0 Å². The largest absolute Gasteiger partial charge is 0.338 e. The molecule has 1 fully saturated rings. The molecular formula is C7H13N2O. The standard InChI is InChI=1S/C7H13N2O/c1-2-4-8-7(10)9-5-3-6-9/h3H,2,4-6H2,1H3,(H,8,10). The number of urea groups is 1. The lowest BCUT2D eigenvalue weighted by atomic mass is 10.2. The van der Waals surface area contributed by atoms with Crippen LogP contribution in [0.15, 0.2) is 0 Å². The Balaban J connectivity index is 2.08. The Morgan fingerprint density at radius 1 is 1.70 bits per heavy atom. The Labute approximate surface area is 61.4 Å². The van der Waals surface area contributed by atoms with Crippen molar-refractivity contribution in [2.75, 3.05) is 19.6 Å². The van der Waals surface area contributed by atoms with E-state index in [-0.39, 0.29) is 6.03 Å². The average molecular weight is 141 g/mol. The summed E-state index contributed by atoms with van der Waals surface area (Å²) in [5.74, 6) is 0. The highest BCUT2D eigenvalue weighted by molar-refractivity contribution is 5.75. The van der Waals surface area contributed by atoms with Gasteiger partial charge in [0.2, 0.25) is 0 Å². The minimum absolute atomic E-state index is 0.0735. The van der Waals surface area contributed by atoms with Crippen molar-refractivity contribution in [2.24, 2.45) is 0 Å². The Hall–Kier alpha value is -0.730. The zero-order valence-electron chi connectivity index (χ0n) is 6.26. The third-order valence-corrected chi connectivity index (χ3v) is 1.51. The van der Waals surface area contributed by atoms with Gasteiger partial charge in [0.15, 0.2) is 0 Å². The molecule has 0 bridgehead atoms. The van der Waals surface area contributed by atoms with Crippen molar-refractivity contribution < 1.29 is 4.79 Å². The van der Waals surface area contributed by atoms with Gasteiger partial charge in [0, 0.05) is 26.1 Å². The van der Waals surface area contributed by atoms with Gasteiger partial charge in [-0.1, -0.05) is 6.92 Å². The molecule has 0 aromatic rings. The summed E-state index contributed by atoms with van der Waals surface area (Å²) in [6.45, 7) is 4.46. The van der Waals surface area contributed by atoms with E-state index in [1.165, 1.54) is 0 Å². The second kappa shape index (κ2) is 3.44. The normalized spacial score (nSPS) is 16.3. The van der Waals surface area contributed by atoms with E-state index in [4.69, 9.17) is 0 Å². The number of nitrogens with zero attached hydrogens (tertiary/aromatic N) is 1. The van der Waals surface area contributed by atoms with Crippen molar-refractivity contribution in [3.8, 4) is 0 Å². The van der Waals surface area contributed by atoms with Crippen LogP contribution in [0, 0.1) is 6.42 Å². The number of hydrogen-bond acceptors (Lipinski definition) is 1. The van der Waals surface area contributed by atoms with Crippen LogP contribution in [0.25, 0.3) is 0 Å². The summed E-state index contributed by atoms with van der Waals surface area (Å²) in [6, 6.07) is 0.0735. The fourth-order valence-corrected chi connectivity index (χ4v) is 0.768. The summed E-state index contributed by atoms with van der Waals surface area (Å²) in [4.78, 5) is 12.8. The van der Waals surface area contributed by atoms with Crippen molar-refractivity contribution >= 4 is 6.03 Å². The van der Waals surface area contributed by atoms with Gasteiger partial charge in [0.05, 0.1) is 0 Å². The van der Waals surface area contributed by atoms with Crippen LogP contribution in [0.4, 0.5) is 4.79 Å². The monoisotopic (exact) mass is 141 g/mol. The predicted octanol–water partition coefficient (Wildman–Crippen LogP) is 0.626. The van der Waals surface area contributed by atoms with Gasteiger partial charge in [0.1, 0.15) is 0 Å². The first-order valence-electron chi connectivity index (χ1n) is 3.69. The number of likely N-dealkylation sites (tertiary alicyclic amines) is 1. The molecule has 1 saturated heterocycles. The van der Waals surface area contributed by atoms with Crippen LogP contribution in [0.3, 0.4) is 0 Å². The summed E-state index contributed by atoms with van der Waals surface area (Å²) >= 11 is 0. The van der Waals surface area contributed by atoms with Crippen LogP contribution >= 0.6 is 0 Å². The van der Waals surface area contributed by atoms with E-state index in [2.05, 4.69) is 11.7 Å². The summed E-state index contributed by atoms with van der Waals surface area (Å²) < 4.78 is 0. The Kier molecular flexibility index (Phi) is 2.54. The Morgan fingerprint density at radius 2 is 2.40 bits per heavy atom. The maximum absolute atomic E-state index is 11.0. The van der Waals surface area contributed by atoms with Crippen molar-refractivity contribution in [3.63, 3.8) is 0 Å². The minimum Gasteiger partial charge on any atom is -0.338 e. The van der Waals surface area contributed by atoms with E-state index in [0.717, 1.165) is 26.1 Å². The minimum atomic E-state index is 0.0735. The smallest absolute Gasteiger partial charge is 0.317 e. The summed E-state index contributed by atoms with van der Waals surface area (Å²) in [7, 11) is 0. The zero-order valence-corrected chi connectivity index (χ0v) is 6.26. The first-order chi connectivity index (χ1) is 4.84. The fourth-order valence-electron chi connectivity index (χ4n) is 0.768. The van der Waals surface area contributed by atoms with Crippen molar-refractivity contribution in [1.29, 1.82) is 0 Å². The molecule has 57 valence electrons. The van der Waals surface area contributed by atoms with Gasteiger partial charge < -0.3 is 10.2 Å². The number of nitrogens with one attached hydrogen (secondary N) is 1. The van der Waals surface area contributed by atoms with Gasteiger partial charge in [-0.05, 0) is 6.42 Å². The van der Waals surface area contributed by atoms with Crippen LogP contribution in [0.1, 0.15) is 13.3 Å². The maximum atomic E-state index is 11.0. The molecule has 0 aliphatic carbocycles. The average Bonchev–Trinajstić information content (AvgIpc) is 1.79. The van der Waals surface area contributed by atoms with E-state index in [9.17, 15) is 4.79 Å². The lowest BCUT2D eigenvalue weighted by molar-refractivity contribution is 0.189. The molecule has 0 aromatic carbocycles. The van der Waals surface area contributed by atoms with Gasteiger partial charge in [0.25, 0.3) is 0 Å². The van der Waals surface area contributed by atoms with Crippen LogP contribution in [0.2, 0.25) is 0 Å². The molecule has 0 saturated carbocycles. The fraction of sp³-hybridized carbons (Fsp3) is 0.714. The number of rotatable bonds is 2. The highest BCUT2D eigenvalue weighted by atomic mass is 16.2. The van der Waals surface area contributed by atoms with Gasteiger partial charge >= 0.3 is 6.03 Å². The van der Waals surface area contributed by atoms with Gasteiger partial charge in [-0.15, -0.1) is 0 Å². The molecule has 1 aliphatic heterocycles. The van der Waals surface area contributed by atoms with E-state index in [0.29, 0.717) is 0 Å². The van der Waals surface area contributed by atoms with E-state index in [1.807, 2.05) is 6.92 Å². The molecule has 0 aromatic heterocycles. The van der Waals surface area contributed by atoms with Gasteiger partial charge in [-0.25, -0.2) is 4.79 Å². The first-order valence-corrected chi connectivity index (χ1v) is 3.69. The SMILES string of the molecule is CCCNC(=O)N1C[CH]C1. The molecule has 0 spiro atoms. The molecule has 1 rings (SSSR count). The molecule has 2 amide bonds. The third-order valence-electron chi connectivity index (χ3n) is 1.51. The second-order valence-corrected chi connectivity index (χ2v) is 2.43. The molecule has 10 heavy (non-hydrogen) atoms. The molecule has 3 nitrogen and oxygen atoms in total. The summed E-state index contributed by atoms with van der Waals surface area (Å²) in [5.41, 5.74) is 0. The zero-order chi connectivity index (χ0) is 7.40. The highest BCUT2D eigenvalue weighted by Crippen LogP contribution is 2.03. The van der Waals surface area contributed by atoms with Crippen molar-refractivity contribution in [3.05, 3.63) is 6.42 Å². The molecule has 3 heteroatoms. The third kappa shape index (κ3) is 1.62. The van der Waals surface area contributed by atoms with Crippen LogP contribution in [0.5, 0.6) is 0 Å². The van der Waals surface area contributed by atoms with E-state index < -0.39 is 0 Å². The maximum Gasteiger partial charge on any atom is 0.317 e. The highest BCUT2D eigenvalue weighted by Gasteiger charge is 2.18. The van der Waals surface area contributed by atoms with E-state index >= 15 is 0 Å². The Bertz CT molecular complexity index is 121. The van der Waals surface area contributed by atoms with Crippen molar-refractivity contribution in [2.45, 2.75) is 13.3 Å². The van der Waals surface area contributed by atoms with Crippen LogP contribution in [-0.4, -0.2) is 30.6 Å². The van der Waals surface area contributed by atoms with E-state index in [1.54, 1.807) is 4.90 Å². The molecule has 1 N–H and O–H groups in total. The quantitative estimate of drug-likeness (QED) is 0.601. The molecule has 0 unspecified atom stereocenters. The lowest BCUT2D eigenvalue weighted by Crippen LogP contribution is -2.48. The molecule has 1 radical (unpaired) electrons. The van der Waals surface area contributed by atoms with Crippen LogP contribution in [-0.2, 0) is 0 Å². The topological polar surface area (TPSA) is 32.3 Å². The first kappa shape index (κ1) is 7.38. The predicted molar refractivity (Wildman–Crippen MR) is 39.6 cm³/mol. The lowest BCUT2D eigenvalue weighted by Gasteiger charge is -2.30. The Morgan fingerprint density at radius 3 is 2.80 bits per heavy atom. The van der Waals surface area contributed by atoms with Gasteiger partial charge in [-0.2, -0.15) is 0 Å². The summed E-state index contributed by atoms with van der Waals surface area (Å²) in [5, 5.41) is 2.80.